The predicted molar refractivity (Wildman–Crippen MR) is 120 cm³/mol. The molecule has 0 fully saturated rings. The number of esters is 1. The number of benzene rings is 1. The fourth-order valence-electron chi connectivity index (χ4n) is 2.56. The molecule has 0 spiro atoms. The molecule has 1 atom stereocenters. The minimum atomic E-state index is -0.492. The molecule has 1 unspecified atom stereocenters. The zero-order valence-electron chi connectivity index (χ0n) is 15.5. The molecule has 0 heterocycles. The standard InChI is InChI=1S/C18H26IN4O2P/c1-5-11(3)15(16(21)17(22-4)18(24)25-6-2)12-8-7-9-14(23-26-19)13(12)10-20/h7-10,20,22-23,26H,5-6,21H2,1-4H3/b15-11+,17-16+,20-10?. The van der Waals surface area contributed by atoms with E-state index in [0.717, 1.165) is 34.4 Å². The molecule has 0 aliphatic rings. The van der Waals surface area contributed by atoms with Crippen molar-refractivity contribution in [3.63, 3.8) is 0 Å². The molecule has 8 heteroatoms. The molecule has 0 saturated carbocycles. The van der Waals surface area contributed by atoms with Gasteiger partial charge in [0.1, 0.15) is 5.70 Å². The van der Waals surface area contributed by atoms with Gasteiger partial charge in [-0.05, 0) is 53.9 Å². The second-order valence-corrected chi connectivity index (χ2v) is 7.46. The molecule has 0 bridgehead atoms. The molecule has 0 amide bonds. The van der Waals surface area contributed by atoms with Gasteiger partial charge in [-0.25, -0.2) is 4.79 Å². The van der Waals surface area contributed by atoms with Crippen LogP contribution in [-0.4, -0.2) is 25.8 Å². The van der Waals surface area contributed by atoms with Gasteiger partial charge in [-0.3, -0.25) is 0 Å². The Labute approximate surface area is 169 Å². The lowest BCUT2D eigenvalue weighted by Crippen LogP contribution is -2.25. The van der Waals surface area contributed by atoms with E-state index in [-0.39, 0.29) is 12.3 Å². The fraction of sp³-hybridized carbons (Fsp3) is 0.333. The third-order valence-corrected chi connectivity index (χ3v) is 5.10. The Morgan fingerprint density at radius 3 is 2.62 bits per heavy atom. The van der Waals surface area contributed by atoms with E-state index < -0.39 is 5.97 Å². The largest absolute Gasteiger partial charge is 0.461 e. The quantitative estimate of drug-likeness (QED) is 0.104. The number of hydrogen-bond acceptors (Lipinski definition) is 6. The van der Waals surface area contributed by atoms with Crippen LogP contribution in [0.5, 0.6) is 0 Å². The number of rotatable bonds is 9. The number of likely N-dealkylation sites (N-methyl/N-ethyl adjacent to an activating group) is 1. The molecule has 1 rings (SSSR count). The van der Waals surface area contributed by atoms with Crippen LogP contribution in [0.15, 0.2) is 35.2 Å². The molecule has 142 valence electrons. The van der Waals surface area contributed by atoms with Crippen molar-refractivity contribution in [2.45, 2.75) is 27.2 Å². The second kappa shape index (κ2) is 11.2. The van der Waals surface area contributed by atoms with E-state index in [4.69, 9.17) is 15.9 Å². The summed E-state index contributed by atoms with van der Waals surface area (Å²) in [6.07, 6.45) is 2.55. The number of allylic oxidation sites excluding steroid dienone is 2. The molecule has 0 radical (unpaired) electrons. The summed E-state index contributed by atoms with van der Waals surface area (Å²) >= 11 is 2.25. The van der Waals surface area contributed by atoms with Gasteiger partial charge in [-0.1, -0.05) is 24.6 Å². The highest BCUT2D eigenvalue weighted by atomic mass is 127. The van der Waals surface area contributed by atoms with E-state index in [9.17, 15) is 4.79 Å². The number of hydrogen-bond donors (Lipinski definition) is 4. The highest BCUT2D eigenvalue weighted by Gasteiger charge is 2.21. The minimum Gasteiger partial charge on any atom is -0.461 e. The van der Waals surface area contributed by atoms with Crippen molar-refractivity contribution in [3.8, 4) is 0 Å². The number of nitrogens with two attached hydrogens (primary N) is 1. The Morgan fingerprint density at radius 2 is 2.12 bits per heavy atom. The van der Waals surface area contributed by atoms with Gasteiger partial charge in [0.2, 0.25) is 0 Å². The molecule has 0 aliphatic carbocycles. The summed E-state index contributed by atoms with van der Waals surface area (Å²) < 4.78 is 5.12. The molecule has 0 saturated heterocycles. The maximum Gasteiger partial charge on any atom is 0.356 e. The molecule has 6 nitrogen and oxygen atoms in total. The first-order chi connectivity index (χ1) is 12.5. The maximum absolute atomic E-state index is 12.3. The molecule has 1 aromatic carbocycles. The molecule has 0 aliphatic heterocycles. The van der Waals surface area contributed by atoms with E-state index in [1.807, 2.05) is 32.0 Å². The van der Waals surface area contributed by atoms with Crippen LogP contribution in [0.2, 0.25) is 0 Å². The third-order valence-electron chi connectivity index (χ3n) is 3.93. The summed E-state index contributed by atoms with van der Waals surface area (Å²) in [5.74, 6) is -0.492. The van der Waals surface area contributed by atoms with Gasteiger partial charge < -0.3 is 26.3 Å². The third kappa shape index (κ3) is 5.20. The number of carbonyl (C=O) groups excluding carboxylic acids is 1. The van der Waals surface area contributed by atoms with E-state index in [1.54, 1.807) is 14.0 Å². The highest BCUT2D eigenvalue weighted by molar-refractivity contribution is 14.2. The van der Waals surface area contributed by atoms with Crippen LogP contribution in [0, 0.1) is 5.41 Å². The second-order valence-electron chi connectivity index (χ2n) is 5.40. The Balaban J connectivity index is 3.72. The van der Waals surface area contributed by atoms with Crippen LogP contribution < -0.4 is 16.1 Å². The van der Waals surface area contributed by atoms with Crippen molar-refractivity contribution < 1.29 is 9.53 Å². The summed E-state index contributed by atoms with van der Waals surface area (Å²) in [5.41, 5.74) is 11.2. The zero-order chi connectivity index (χ0) is 19.7. The predicted octanol–water partition coefficient (Wildman–Crippen LogP) is 4.18. The molecular weight excluding hydrogens is 462 g/mol. The van der Waals surface area contributed by atoms with Crippen LogP contribution in [0.25, 0.3) is 5.57 Å². The average Bonchev–Trinajstić information content (AvgIpc) is 2.63. The number of halogens is 1. The summed E-state index contributed by atoms with van der Waals surface area (Å²) in [4.78, 5) is 12.3. The normalized spacial score (nSPS) is 13.1. The molecule has 0 aromatic heterocycles. The molecule has 1 aromatic rings. The Kier molecular flexibility index (Phi) is 9.65. The highest BCUT2D eigenvalue weighted by Crippen LogP contribution is 2.34. The lowest BCUT2D eigenvalue weighted by atomic mass is 9.91. The van der Waals surface area contributed by atoms with E-state index >= 15 is 0 Å². The van der Waals surface area contributed by atoms with Gasteiger partial charge in [-0.2, -0.15) is 0 Å². The lowest BCUT2D eigenvalue weighted by molar-refractivity contribution is -0.138. The van der Waals surface area contributed by atoms with Crippen LogP contribution in [0.4, 0.5) is 5.69 Å². The van der Waals surface area contributed by atoms with Crippen molar-refractivity contribution in [2.75, 3.05) is 18.7 Å². The maximum atomic E-state index is 12.3. The SMILES string of the molecule is CCOC(=O)/C(NC)=C(N)/C(=C(\C)CC)c1cccc(NPI)c1C=N. The summed E-state index contributed by atoms with van der Waals surface area (Å²) in [6, 6.07) is 5.77. The van der Waals surface area contributed by atoms with Gasteiger partial charge >= 0.3 is 5.97 Å². The van der Waals surface area contributed by atoms with Gasteiger partial charge in [0, 0.05) is 36.5 Å². The zero-order valence-corrected chi connectivity index (χ0v) is 18.7. The van der Waals surface area contributed by atoms with Gasteiger partial charge in [0.05, 0.1) is 12.3 Å². The van der Waals surface area contributed by atoms with E-state index in [1.165, 1.54) is 6.21 Å². The minimum absolute atomic E-state index is 0.222. The van der Waals surface area contributed by atoms with Gasteiger partial charge in [0.15, 0.2) is 0 Å². The first-order valence-corrected chi connectivity index (χ1v) is 12.4. The summed E-state index contributed by atoms with van der Waals surface area (Å²) in [5, 5.41) is 14.0. The van der Waals surface area contributed by atoms with Crippen LogP contribution in [-0.2, 0) is 9.53 Å². The van der Waals surface area contributed by atoms with Crippen molar-refractivity contribution in [1.82, 2.24) is 5.32 Å². The Hall–Kier alpha value is -1.60. The lowest BCUT2D eigenvalue weighted by Gasteiger charge is -2.20. The van der Waals surface area contributed by atoms with Gasteiger partial charge in [0.25, 0.3) is 0 Å². The van der Waals surface area contributed by atoms with Crippen LogP contribution in [0.1, 0.15) is 38.3 Å². The fourth-order valence-corrected chi connectivity index (χ4v) is 3.75. The Morgan fingerprint density at radius 1 is 1.42 bits per heavy atom. The molecule has 5 N–H and O–H groups in total. The monoisotopic (exact) mass is 488 g/mol. The molecular formula is C18H26IN4O2P. The Bertz CT molecular complexity index is 732. The summed E-state index contributed by atoms with van der Waals surface area (Å²) in [7, 11) is 1.64. The number of nitrogens with one attached hydrogen (secondary N) is 3. The van der Waals surface area contributed by atoms with E-state index in [0.29, 0.717) is 12.1 Å². The summed E-state index contributed by atoms with van der Waals surface area (Å²) in [6.45, 7) is 6.03. The van der Waals surface area contributed by atoms with Crippen molar-refractivity contribution in [1.29, 1.82) is 5.41 Å². The van der Waals surface area contributed by atoms with Crippen LogP contribution in [0.3, 0.4) is 0 Å². The van der Waals surface area contributed by atoms with E-state index in [2.05, 4.69) is 32.4 Å². The molecule has 26 heavy (non-hydrogen) atoms. The number of ether oxygens (including phenoxy) is 1. The number of anilines is 1. The van der Waals surface area contributed by atoms with Crippen molar-refractivity contribution in [3.05, 3.63) is 46.3 Å². The van der Waals surface area contributed by atoms with Crippen molar-refractivity contribution in [2.24, 2.45) is 5.73 Å². The first kappa shape index (κ1) is 22.4. The van der Waals surface area contributed by atoms with Crippen molar-refractivity contribution >= 4 is 51.9 Å². The van der Waals surface area contributed by atoms with Crippen LogP contribution >= 0.6 is 28.4 Å². The number of carbonyl (C=O) groups is 1. The topological polar surface area (TPSA) is 100 Å². The first-order valence-electron chi connectivity index (χ1n) is 8.26. The smallest absolute Gasteiger partial charge is 0.356 e. The average molecular weight is 488 g/mol. The van der Waals surface area contributed by atoms with Gasteiger partial charge in [-0.15, -0.1) is 0 Å².